The number of aromatic amines is 1. The first-order chi connectivity index (χ1) is 41.8. The molecule has 17 N–H and O–H groups in total. The summed E-state index contributed by atoms with van der Waals surface area (Å²) >= 11 is 0. The molecule has 2 aromatic heterocycles. The number of phenols is 1. The van der Waals surface area contributed by atoms with Crippen molar-refractivity contribution in [2.45, 2.75) is 160 Å². The molecule has 0 saturated carbocycles. The minimum Gasteiger partial charge on any atom is -0.508 e. The SMILES string of the molecule is CC(=O)NC(=O)[C@@H]1CCCN1C(=O)[C@H](CCCN=C(N)N)NC(=O)[C@H](CC(C)C)NC(=O)[C@@H](CC(C)C)NC(=O)[C@H](Cc1ccc(O)cc1)NC(=O)[C@@H](CO)NC(=O)[C@H](Cc1c[nH]c2ccccc12)NC(=O)[C@@H](N)Cc1cn(C(=O)[C@@H]2CCC(=O)N2)cn1. The molecule has 6 rings (SSSR count). The van der Waals surface area contributed by atoms with E-state index in [2.05, 4.69) is 57.5 Å². The second-order valence-electron chi connectivity index (χ2n) is 23.0. The molecule has 476 valence electrons. The van der Waals surface area contributed by atoms with E-state index in [1.807, 2.05) is 19.9 Å². The van der Waals surface area contributed by atoms with Crippen LogP contribution < -0.4 is 59.7 Å². The summed E-state index contributed by atoms with van der Waals surface area (Å²) in [6.45, 7) is 7.62. The number of likely N-dealkylation sites (tertiary alicyclic amines) is 1. The van der Waals surface area contributed by atoms with E-state index in [-0.39, 0.29) is 106 Å². The van der Waals surface area contributed by atoms with Crippen molar-refractivity contribution in [2.24, 2.45) is 34.0 Å². The molecule has 2 aromatic carbocycles. The fraction of sp³-hybridized carbons (Fsp3) is 0.508. The van der Waals surface area contributed by atoms with E-state index in [0.29, 0.717) is 24.0 Å². The Kier molecular flexibility index (Phi) is 24.6. The largest absolute Gasteiger partial charge is 0.508 e. The van der Waals surface area contributed by atoms with E-state index in [4.69, 9.17) is 17.2 Å². The number of nitrogens with one attached hydrogen (secondary N) is 9. The lowest BCUT2D eigenvalue weighted by Crippen LogP contribution is -2.61. The first-order valence-corrected chi connectivity index (χ1v) is 29.4. The number of hydrogen-bond donors (Lipinski definition) is 14. The molecule has 2 aliphatic heterocycles. The Hall–Kier alpha value is -9.25. The number of H-pyrrole nitrogens is 1. The number of imidazole rings is 1. The van der Waals surface area contributed by atoms with Gasteiger partial charge in [0.25, 0.3) is 5.91 Å². The van der Waals surface area contributed by atoms with Crippen LogP contribution in [-0.4, -0.2) is 175 Å². The highest BCUT2D eigenvalue weighted by atomic mass is 16.3. The lowest BCUT2D eigenvalue weighted by Gasteiger charge is -2.30. The number of imide groups is 1. The van der Waals surface area contributed by atoms with Gasteiger partial charge in [0.05, 0.1) is 18.3 Å². The van der Waals surface area contributed by atoms with Crippen molar-refractivity contribution < 1.29 is 63.0 Å². The number of carbonyl (C=O) groups is 11. The monoisotopic (exact) mass is 1220 g/mol. The van der Waals surface area contributed by atoms with Crippen LogP contribution in [0.4, 0.5) is 0 Å². The summed E-state index contributed by atoms with van der Waals surface area (Å²) in [6.07, 6.45) is 5.27. The molecule has 0 aliphatic carbocycles. The molecule has 10 amide bonds. The van der Waals surface area contributed by atoms with Gasteiger partial charge in [-0.2, -0.15) is 0 Å². The van der Waals surface area contributed by atoms with Crippen molar-refractivity contribution in [1.82, 2.24) is 62.0 Å². The van der Waals surface area contributed by atoms with Gasteiger partial charge in [-0.15, -0.1) is 0 Å². The van der Waals surface area contributed by atoms with E-state index >= 15 is 0 Å². The third-order valence-corrected chi connectivity index (χ3v) is 14.9. The molecule has 0 bridgehead atoms. The van der Waals surface area contributed by atoms with Crippen LogP contribution in [0.3, 0.4) is 0 Å². The third kappa shape index (κ3) is 19.6. The van der Waals surface area contributed by atoms with Crippen LogP contribution >= 0.6 is 0 Å². The Labute approximate surface area is 508 Å². The highest BCUT2D eigenvalue weighted by Crippen LogP contribution is 2.22. The summed E-state index contributed by atoms with van der Waals surface area (Å²) in [4.78, 5) is 163. The fourth-order valence-electron chi connectivity index (χ4n) is 10.5. The summed E-state index contributed by atoms with van der Waals surface area (Å²) in [5, 5.41) is 42.4. The quantitative estimate of drug-likeness (QED) is 0.0153. The molecular weight excluding hydrogens is 1140 g/mol. The van der Waals surface area contributed by atoms with Gasteiger partial charge in [0.2, 0.25) is 59.1 Å². The molecule has 0 spiro atoms. The number of fused-ring (bicyclic) bond motifs is 1. The Bertz CT molecular complexity index is 3190. The first kappa shape index (κ1) is 67.9. The van der Waals surface area contributed by atoms with Crippen LogP contribution in [0, 0.1) is 11.8 Å². The Balaban J connectivity index is 1.19. The smallest absolute Gasteiger partial charge is 0.254 e. The van der Waals surface area contributed by atoms with Crippen molar-refractivity contribution in [1.29, 1.82) is 0 Å². The lowest BCUT2D eigenvalue weighted by molar-refractivity contribution is -0.143. The van der Waals surface area contributed by atoms with E-state index < -0.39 is 120 Å². The molecule has 9 atom stereocenters. The number of benzene rings is 2. The molecule has 29 nitrogen and oxygen atoms in total. The van der Waals surface area contributed by atoms with Gasteiger partial charge in [-0.05, 0) is 86.1 Å². The number of amides is 10. The van der Waals surface area contributed by atoms with Gasteiger partial charge in [-0.1, -0.05) is 58.0 Å². The van der Waals surface area contributed by atoms with Gasteiger partial charge in [-0.3, -0.25) is 67.6 Å². The highest BCUT2D eigenvalue weighted by molar-refractivity contribution is 6.01. The molecule has 2 fully saturated rings. The summed E-state index contributed by atoms with van der Waals surface area (Å²) in [7, 11) is 0. The summed E-state index contributed by atoms with van der Waals surface area (Å²) < 4.78 is 1.19. The number of aliphatic imine (C=N–C) groups is 1. The van der Waals surface area contributed by atoms with Gasteiger partial charge in [0.1, 0.15) is 60.4 Å². The number of rotatable bonds is 30. The molecule has 4 heterocycles. The minimum absolute atomic E-state index is 0.0186. The topological polar surface area (TPSA) is 452 Å². The normalized spacial score (nSPS) is 17.1. The molecule has 29 heteroatoms. The zero-order chi connectivity index (χ0) is 64.4. The predicted octanol–water partition coefficient (Wildman–Crippen LogP) is -1.96. The van der Waals surface area contributed by atoms with E-state index in [1.165, 1.54) is 53.2 Å². The van der Waals surface area contributed by atoms with Crippen LogP contribution in [0.5, 0.6) is 5.75 Å². The molecule has 2 saturated heterocycles. The number of carbonyl (C=O) groups excluding carboxylic acids is 11. The van der Waals surface area contributed by atoms with Gasteiger partial charge in [0.15, 0.2) is 5.96 Å². The number of nitrogens with two attached hydrogens (primary N) is 3. The number of aromatic hydroxyl groups is 1. The van der Waals surface area contributed by atoms with Crippen LogP contribution in [0.1, 0.15) is 108 Å². The predicted molar refractivity (Wildman–Crippen MR) is 321 cm³/mol. The number of aliphatic hydroxyl groups excluding tert-OH is 1. The maximum Gasteiger partial charge on any atom is 0.254 e. The van der Waals surface area contributed by atoms with Crippen molar-refractivity contribution in [3.8, 4) is 5.75 Å². The maximum atomic E-state index is 14.6. The zero-order valence-corrected chi connectivity index (χ0v) is 50.0. The summed E-state index contributed by atoms with van der Waals surface area (Å²) in [6, 6.07) is 1.32. The van der Waals surface area contributed by atoms with Crippen LogP contribution in [-0.2, 0) is 67.2 Å². The third-order valence-electron chi connectivity index (χ3n) is 14.9. The van der Waals surface area contributed by atoms with Crippen LogP contribution in [0.2, 0.25) is 0 Å². The summed E-state index contributed by atoms with van der Waals surface area (Å²) in [5.41, 5.74) is 19.4. The first-order valence-electron chi connectivity index (χ1n) is 29.4. The zero-order valence-electron chi connectivity index (χ0n) is 50.0. The average molecular weight is 1220 g/mol. The molecule has 88 heavy (non-hydrogen) atoms. The number of hydrogen-bond acceptors (Lipinski definition) is 16. The van der Waals surface area contributed by atoms with E-state index in [1.54, 1.807) is 38.2 Å². The van der Waals surface area contributed by atoms with Crippen molar-refractivity contribution in [3.63, 3.8) is 0 Å². The van der Waals surface area contributed by atoms with Gasteiger partial charge in [0, 0.05) is 69.0 Å². The Morgan fingerprint density at radius 1 is 0.739 bits per heavy atom. The lowest BCUT2D eigenvalue weighted by atomic mass is 9.98. The molecule has 0 unspecified atom stereocenters. The van der Waals surface area contributed by atoms with Crippen LogP contribution in [0.15, 0.2) is 72.2 Å². The van der Waals surface area contributed by atoms with Gasteiger partial charge < -0.3 is 74.5 Å². The number of nitrogens with zero attached hydrogens (tertiary/aromatic N) is 4. The number of aliphatic hydroxyl groups is 1. The van der Waals surface area contributed by atoms with Gasteiger partial charge >= 0.3 is 0 Å². The van der Waals surface area contributed by atoms with Crippen molar-refractivity contribution >= 4 is 81.8 Å². The summed E-state index contributed by atoms with van der Waals surface area (Å²) in [5.74, 6) is -8.53. The fourth-order valence-corrected chi connectivity index (χ4v) is 10.5. The molecule has 0 radical (unpaired) electrons. The second-order valence-corrected chi connectivity index (χ2v) is 23.0. The van der Waals surface area contributed by atoms with Crippen molar-refractivity contribution in [2.75, 3.05) is 19.7 Å². The van der Waals surface area contributed by atoms with Crippen molar-refractivity contribution in [3.05, 3.63) is 84.1 Å². The number of phenolic OH excluding ortho intramolecular Hbond substituents is 1. The molecule has 4 aromatic rings. The second kappa shape index (κ2) is 31.9. The van der Waals surface area contributed by atoms with Gasteiger partial charge in [-0.25, -0.2) is 4.98 Å². The maximum absolute atomic E-state index is 14.6. The average Bonchev–Trinajstić information content (AvgIpc) is 2.94. The van der Waals surface area contributed by atoms with E-state index in [0.717, 1.165) is 10.9 Å². The Morgan fingerprint density at radius 3 is 1.92 bits per heavy atom. The highest BCUT2D eigenvalue weighted by Gasteiger charge is 2.40. The molecular formula is C59H82N16O13. The number of aromatic nitrogens is 3. The Morgan fingerprint density at radius 2 is 1.32 bits per heavy atom. The number of para-hydroxylation sites is 1. The minimum atomic E-state index is -1.74. The standard InChI is InChI=1S/C59H82N16O13/c1-31(2)22-43(51(81)68-41(12-8-20-63-59(61)62)58(88)75-21-9-13-48(75)56(86)66-33(5)77)70-52(82)44(23-32(3)4)71-53(83)45(24-34-14-16-37(78)17-15-34)72-55(85)47(29-76)73-54(84)46(25-35-27-64-40-11-7-6-10-38(35)40)69-50(80)39(60)26-36-28-74(30-65-36)57(87)42-18-19-49(79)67-42/h6-7,10-11,14-17,27-28,30-32,39,41-48,64,76,78H,8-9,12-13,18-26,29,60H2,1-5H3,(H,67,79)(H,68,81)(H,69,80)(H,70,82)(H,71,83)(H,72,85)(H,73,84)(H4,61,62,63)(H,66,77,86)/t39-,41-,42-,43-,44+,45-,46-,47+,48-/m0/s1. The van der Waals surface area contributed by atoms with E-state index in [9.17, 15) is 63.0 Å². The molecule has 2 aliphatic rings. The van der Waals surface area contributed by atoms with Crippen LogP contribution in [0.25, 0.3) is 10.9 Å². The number of guanidine groups is 1.